The minimum Gasteiger partial charge on any atom is -0.469 e. The Labute approximate surface area is 100 Å². The summed E-state index contributed by atoms with van der Waals surface area (Å²) in [7, 11) is 1.22. The molecule has 0 aliphatic rings. The van der Waals surface area contributed by atoms with Crippen LogP contribution in [0.1, 0.15) is 5.89 Å². The molecule has 0 spiro atoms. The monoisotopic (exact) mass is 254 g/mol. The fraction of sp³-hybridized carbons (Fsp3) is 0.182. The summed E-state index contributed by atoms with van der Waals surface area (Å²) < 4.78 is 35.2. The Morgan fingerprint density at radius 3 is 2.61 bits per heavy atom. The molecule has 0 saturated heterocycles. The zero-order valence-electron chi connectivity index (χ0n) is 9.31. The van der Waals surface area contributed by atoms with Gasteiger partial charge in [0.2, 0.25) is 11.7 Å². The largest absolute Gasteiger partial charge is 0.469 e. The maximum atomic E-state index is 13.0. The first-order valence-corrected chi connectivity index (χ1v) is 4.94. The first-order chi connectivity index (χ1) is 8.58. The quantitative estimate of drug-likeness (QED) is 0.780. The maximum absolute atomic E-state index is 13.0. The lowest BCUT2D eigenvalue weighted by Crippen LogP contribution is -2.04. The van der Waals surface area contributed by atoms with Crippen molar-refractivity contribution in [2.45, 2.75) is 6.42 Å². The van der Waals surface area contributed by atoms with Crippen LogP contribution in [0, 0.1) is 11.6 Å². The summed E-state index contributed by atoms with van der Waals surface area (Å²) in [5.41, 5.74) is 0.132. The van der Waals surface area contributed by atoms with E-state index in [0.717, 1.165) is 18.2 Å². The van der Waals surface area contributed by atoms with Gasteiger partial charge in [-0.3, -0.25) is 4.79 Å². The average molecular weight is 254 g/mol. The van der Waals surface area contributed by atoms with Crippen molar-refractivity contribution < 1.29 is 22.8 Å². The minimum absolute atomic E-state index is 0.00676. The lowest BCUT2D eigenvalue weighted by atomic mass is 10.2. The molecule has 0 amide bonds. The number of aromatic nitrogens is 2. The third-order valence-corrected chi connectivity index (χ3v) is 2.11. The van der Waals surface area contributed by atoms with Crippen LogP contribution in [0.3, 0.4) is 0 Å². The predicted octanol–water partition coefficient (Wildman–Crippen LogP) is 1.73. The van der Waals surface area contributed by atoms with E-state index in [4.69, 9.17) is 4.52 Å². The van der Waals surface area contributed by atoms with Gasteiger partial charge in [-0.05, 0) is 12.1 Å². The Morgan fingerprint density at radius 2 is 2.00 bits per heavy atom. The topological polar surface area (TPSA) is 65.2 Å². The summed E-state index contributed by atoms with van der Waals surface area (Å²) in [4.78, 5) is 14.8. The Hall–Kier alpha value is -2.31. The fourth-order valence-electron chi connectivity index (χ4n) is 1.32. The van der Waals surface area contributed by atoms with Crippen LogP contribution in [0.5, 0.6) is 0 Å². The first kappa shape index (κ1) is 12.2. The van der Waals surface area contributed by atoms with Crippen LogP contribution in [0.4, 0.5) is 8.78 Å². The molecule has 0 aliphatic heterocycles. The van der Waals surface area contributed by atoms with E-state index < -0.39 is 17.6 Å². The summed E-state index contributed by atoms with van der Waals surface area (Å²) in [5.74, 6) is -2.02. The van der Waals surface area contributed by atoms with Crippen molar-refractivity contribution in [1.82, 2.24) is 10.1 Å². The van der Waals surface area contributed by atoms with Gasteiger partial charge in [-0.25, -0.2) is 8.78 Å². The van der Waals surface area contributed by atoms with E-state index >= 15 is 0 Å². The van der Waals surface area contributed by atoms with Crippen molar-refractivity contribution in [3.05, 3.63) is 35.7 Å². The molecule has 0 N–H and O–H groups in total. The molecule has 0 unspecified atom stereocenters. The molecule has 1 heterocycles. The number of rotatable bonds is 3. The molecule has 94 valence electrons. The molecule has 0 atom stereocenters. The molecular formula is C11H8F2N2O3. The summed E-state index contributed by atoms with van der Waals surface area (Å²) in [6, 6.07) is 2.87. The average Bonchev–Trinajstić information content (AvgIpc) is 2.76. The number of carbonyl (C=O) groups is 1. The van der Waals surface area contributed by atoms with Crippen LogP contribution in [-0.4, -0.2) is 23.2 Å². The third kappa shape index (κ3) is 2.68. The van der Waals surface area contributed by atoms with Crippen LogP contribution in [-0.2, 0) is 16.0 Å². The Kier molecular flexibility index (Phi) is 3.31. The second-order valence-corrected chi connectivity index (χ2v) is 3.42. The van der Waals surface area contributed by atoms with E-state index in [1.54, 1.807) is 0 Å². The van der Waals surface area contributed by atoms with E-state index in [0.29, 0.717) is 0 Å². The Bertz CT molecular complexity index is 563. The van der Waals surface area contributed by atoms with Gasteiger partial charge in [0.05, 0.1) is 7.11 Å². The Balaban J connectivity index is 2.26. The van der Waals surface area contributed by atoms with Gasteiger partial charge >= 0.3 is 5.97 Å². The molecule has 18 heavy (non-hydrogen) atoms. The van der Waals surface area contributed by atoms with Crippen molar-refractivity contribution in [2.75, 3.05) is 7.11 Å². The lowest BCUT2D eigenvalue weighted by Gasteiger charge is -1.95. The van der Waals surface area contributed by atoms with E-state index in [2.05, 4.69) is 14.9 Å². The maximum Gasteiger partial charge on any atom is 0.315 e. The molecule has 2 rings (SSSR count). The van der Waals surface area contributed by atoms with Crippen LogP contribution in [0.15, 0.2) is 22.7 Å². The number of hydrogen-bond acceptors (Lipinski definition) is 5. The van der Waals surface area contributed by atoms with Crippen molar-refractivity contribution >= 4 is 5.97 Å². The second kappa shape index (κ2) is 4.91. The van der Waals surface area contributed by atoms with E-state index in [9.17, 15) is 13.6 Å². The van der Waals surface area contributed by atoms with Gasteiger partial charge in [0.15, 0.2) is 0 Å². The molecule has 0 fully saturated rings. The summed E-state index contributed by atoms with van der Waals surface area (Å²) in [6.45, 7) is 0. The fourth-order valence-corrected chi connectivity index (χ4v) is 1.32. The predicted molar refractivity (Wildman–Crippen MR) is 55.4 cm³/mol. The van der Waals surface area contributed by atoms with Gasteiger partial charge in [-0.1, -0.05) is 5.16 Å². The van der Waals surface area contributed by atoms with Gasteiger partial charge in [-0.2, -0.15) is 4.98 Å². The highest BCUT2D eigenvalue weighted by Crippen LogP contribution is 2.18. The molecule has 0 bridgehead atoms. The molecular weight excluding hydrogens is 246 g/mol. The number of benzene rings is 1. The smallest absolute Gasteiger partial charge is 0.315 e. The van der Waals surface area contributed by atoms with Crippen molar-refractivity contribution in [1.29, 1.82) is 0 Å². The van der Waals surface area contributed by atoms with Gasteiger partial charge in [-0.15, -0.1) is 0 Å². The highest BCUT2D eigenvalue weighted by Gasteiger charge is 2.13. The van der Waals surface area contributed by atoms with E-state index in [1.165, 1.54) is 7.11 Å². The highest BCUT2D eigenvalue weighted by atomic mass is 19.1. The zero-order valence-corrected chi connectivity index (χ0v) is 9.31. The molecule has 5 nitrogen and oxygen atoms in total. The first-order valence-electron chi connectivity index (χ1n) is 4.94. The van der Waals surface area contributed by atoms with Crippen molar-refractivity contribution in [3.8, 4) is 11.4 Å². The third-order valence-electron chi connectivity index (χ3n) is 2.11. The van der Waals surface area contributed by atoms with E-state index in [1.807, 2.05) is 0 Å². The molecule has 0 aliphatic carbocycles. The lowest BCUT2D eigenvalue weighted by molar-refractivity contribution is -0.140. The molecule has 7 heteroatoms. The molecule has 0 saturated carbocycles. The van der Waals surface area contributed by atoms with E-state index in [-0.39, 0.29) is 23.7 Å². The standard InChI is InChI=1S/C11H8F2N2O3/c1-17-10(16)5-9-14-11(15-18-9)6-2-7(12)4-8(13)3-6/h2-4H,5H2,1H3. The number of hydrogen-bond donors (Lipinski definition) is 0. The number of methoxy groups -OCH3 is 1. The van der Waals surface area contributed by atoms with Gasteiger partial charge < -0.3 is 9.26 Å². The summed E-state index contributed by atoms with van der Waals surface area (Å²) >= 11 is 0. The number of nitrogens with zero attached hydrogens (tertiary/aromatic N) is 2. The number of ether oxygens (including phenoxy) is 1. The van der Waals surface area contributed by atoms with Crippen molar-refractivity contribution in [3.63, 3.8) is 0 Å². The van der Waals surface area contributed by atoms with Crippen LogP contribution in [0.2, 0.25) is 0 Å². The minimum atomic E-state index is -0.746. The summed E-state index contributed by atoms with van der Waals surface area (Å²) in [5, 5.41) is 3.53. The Morgan fingerprint density at radius 1 is 1.33 bits per heavy atom. The zero-order chi connectivity index (χ0) is 13.1. The van der Waals surface area contributed by atoms with Crippen molar-refractivity contribution in [2.24, 2.45) is 0 Å². The number of carbonyl (C=O) groups excluding carboxylic acids is 1. The van der Waals surface area contributed by atoms with Gasteiger partial charge in [0.25, 0.3) is 0 Å². The van der Waals surface area contributed by atoms with Gasteiger partial charge in [0.1, 0.15) is 18.1 Å². The van der Waals surface area contributed by atoms with Crippen LogP contribution < -0.4 is 0 Å². The van der Waals surface area contributed by atoms with Crippen LogP contribution >= 0.6 is 0 Å². The molecule has 1 aromatic carbocycles. The summed E-state index contributed by atoms with van der Waals surface area (Å²) in [6.07, 6.45) is -0.193. The highest BCUT2D eigenvalue weighted by molar-refractivity contribution is 5.71. The second-order valence-electron chi connectivity index (χ2n) is 3.42. The molecule has 2 aromatic rings. The molecule has 1 aromatic heterocycles. The number of halogens is 2. The number of esters is 1. The molecule has 0 radical (unpaired) electrons. The van der Waals surface area contributed by atoms with Crippen LogP contribution in [0.25, 0.3) is 11.4 Å². The SMILES string of the molecule is COC(=O)Cc1nc(-c2cc(F)cc(F)c2)no1. The normalized spacial score (nSPS) is 10.4. The van der Waals surface area contributed by atoms with Gasteiger partial charge in [0, 0.05) is 11.6 Å².